The van der Waals surface area contributed by atoms with Crippen molar-refractivity contribution in [3.05, 3.63) is 58.7 Å². The van der Waals surface area contributed by atoms with Gasteiger partial charge in [0.25, 0.3) is 0 Å². The molecule has 0 bridgehead atoms. The number of benzene rings is 2. The first-order valence-corrected chi connectivity index (χ1v) is 15.0. The highest BCUT2D eigenvalue weighted by Gasteiger charge is 2.30. The lowest BCUT2D eigenvalue weighted by Gasteiger charge is -2.33. The zero-order valence-electron chi connectivity index (χ0n) is 21.2. The molecule has 1 N–H and O–H groups in total. The van der Waals surface area contributed by atoms with Gasteiger partial charge in [0, 0.05) is 25.9 Å². The minimum atomic E-state index is -4.37. The third-order valence-corrected chi connectivity index (χ3v) is 9.56. The SMILES string of the molecule is CCC(Sc1nc2ncc(N3CCC(Oc4cc(-c5ccc(C(F)(F)F)cc5)ccc4Br)CC3)nc2s1)C(=O)O. The summed E-state index contributed by atoms with van der Waals surface area (Å²) < 4.78 is 46.5. The van der Waals surface area contributed by atoms with E-state index in [4.69, 9.17) is 9.72 Å². The highest BCUT2D eigenvalue weighted by Crippen LogP contribution is 2.36. The fourth-order valence-electron chi connectivity index (χ4n) is 4.33. The van der Waals surface area contributed by atoms with Gasteiger partial charge in [-0.05, 0) is 57.7 Å². The number of carboxylic acid groups (broad SMARTS) is 1. The first-order chi connectivity index (χ1) is 19.1. The van der Waals surface area contributed by atoms with E-state index in [-0.39, 0.29) is 6.10 Å². The molecule has 0 spiro atoms. The number of carbonyl (C=O) groups is 1. The predicted molar refractivity (Wildman–Crippen MR) is 153 cm³/mol. The Kier molecular flexibility index (Phi) is 8.52. The van der Waals surface area contributed by atoms with Gasteiger partial charge in [-0.15, -0.1) is 0 Å². The monoisotopic (exact) mass is 652 g/mol. The van der Waals surface area contributed by atoms with E-state index in [9.17, 15) is 23.1 Å². The molecule has 4 aromatic rings. The number of thioether (sulfide) groups is 1. The maximum atomic E-state index is 12.9. The van der Waals surface area contributed by atoms with Crippen LogP contribution in [0.15, 0.2) is 57.5 Å². The summed E-state index contributed by atoms with van der Waals surface area (Å²) in [5.74, 6) is 0.511. The van der Waals surface area contributed by atoms with E-state index in [2.05, 4.69) is 30.8 Å². The first kappa shape index (κ1) is 28.6. The van der Waals surface area contributed by atoms with E-state index >= 15 is 0 Å². The minimum Gasteiger partial charge on any atom is -0.489 e. The van der Waals surface area contributed by atoms with Crippen LogP contribution in [0.5, 0.6) is 5.75 Å². The topological polar surface area (TPSA) is 88.4 Å². The van der Waals surface area contributed by atoms with Gasteiger partial charge in [0.05, 0.1) is 16.2 Å². The Bertz CT molecular complexity index is 1510. The van der Waals surface area contributed by atoms with Crippen LogP contribution in [0, 0.1) is 0 Å². The maximum Gasteiger partial charge on any atom is 0.416 e. The lowest BCUT2D eigenvalue weighted by molar-refractivity contribution is -0.138. The number of carboxylic acids is 1. The fraction of sp³-hybridized carbons (Fsp3) is 0.333. The molecule has 5 rings (SSSR count). The molecule has 7 nitrogen and oxygen atoms in total. The third-order valence-electron chi connectivity index (χ3n) is 6.52. The number of aliphatic carboxylic acids is 1. The molecule has 1 fully saturated rings. The second kappa shape index (κ2) is 11.9. The molecule has 1 aliphatic heterocycles. The first-order valence-electron chi connectivity index (χ1n) is 12.5. The summed E-state index contributed by atoms with van der Waals surface area (Å²) in [5, 5.41) is 8.76. The summed E-state index contributed by atoms with van der Waals surface area (Å²) >= 11 is 6.09. The Morgan fingerprint density at radius 1 is 1.18 bits per heavy atom. The van der Waals surface area contributed by atoms with Crippen LogP contribution in [0.3, 0.4) is 0 Å². The third kappa shape index (κ3) is 6.52. The number of rotatable bonds is 8. The lowest BCUT2D eigenvalue weighted by Crippen LogP contribution is -2.38. The number of nitrogens with zero attached hydrogens (tertiary/aromatic N) is 4. The molecule has 0 amide bonds. The number of thiazole rings is 1. The summed E-state index contributed by atoms with van der Waals surface area (Å²) in [6.45, 7) is 3.24. The number of hydrogen-bond acceptors (Lipinski definition) is 8. The quantitative estimate of drug-likeness (QED) is 0.195. The molecule has 0 aliphatic carbocycles. The number of aromatic nitrogens is 3. The average molecular weight is 654 g/mol. The standard InChI is InChI=1S/C27H24BrF3N4O3S2/c1-2-21(25(36)37)39-26-34-23-24(40-26)33-22(14-32-23)35-11-9-18(10-12-35)38-20-13-16(5-8-19(20)28)15-3-6-17(7-4-15)27(29,30)31/h3-8,13-14,18,21H,2,9-12H2,1H3,(H,36,37). The van der Waals surface area contributed by atoms with Crippen LogP contribution >= 0.6 is 39.0 Å². The normalized spacial score (nSPS) is 15.4. The van der Waals surface area contributed by atoms with Crippen LogP contribution in [0.4, 0.5) is 19.0 Å². The second-order valence-corrected chi connectivity index (χ2v) is 12.5. The van der Waals surface area contributed by atoms with Gasteiger partial charge in [0.1, 0.15) is 22.9 Å². The van der Waals surface area contributed by atoms with Gasteiger partial charge in [-0.2, -0.15) is 13.2 Å². The lowest BCUT2D eigenvalue weighted by atomic mass is 10.0. The Hall–Kier alpha value is -2.90. The van der Waals surface area contributed by atoms with Crippen molar-refractivity contribution in [1.29, 1.82) is 0 Å². The van der Waals surface area contributed by atoms with Crippen molar-refractivity contribution in [3.63, 3.8) is 0 Å². The number of anilines is 1. The Labute approximate surface area is 244 Å². The van der Waals surface area contributed by atoms with Gasteiger partial charge < -0.3 is 14.7 Å². The second-order valence-electron chi connectivity index (χ2n) is 9.21. The summed E-state index contributed by atoms with van der Waals surface area (Å²) in [4.78, 5) is 27.8. The van der Waals surface area contributed by atoms with E-state index in [1.165, 1.54) is 35.2 Å². The van der Waals surface area contributed by atoms with Crippen molar-refractivity contribution in [1.82, 2.24) is 15.0 Å². The largest absolute Gasteiger partial charge is 0.489 e. The highest BCUT2D eigenvalue weighted by atomic mass is 79.9. The molecule has 40 heavy (non-hydrogen) atoms. The van der Waals surface area contributed by atoms with Gasteiger partial charge in [-0.25, -0.2) is 15.0 Å². The molecule has 0 radical (unpaired) electrons. The molecule has 1 unspecified atom stereocenters. The number of fused-ring (bicyclic) bond motifs is 1. The van der Waals surface area contributed by atoms with Gasteiger partial charge in [0.15, 0.2) is 14.8 Å². The van der Waals surface area contributed by atoms with Crippen LogP contribution in [0.2, 0.25) is 0 Å². The van der Waals surface area contributed by atoms with Crippen LogP contribution in [0.25, 0.3) is 21.6 Å². The summed E-state index contributed by atoms with van der Waals surface area (Å²) in [5.41, 5.74) is 1.27. The number of piperidine rings is 1. The molecule has 2 aromatic carbocycles. The molecule has 1 aliphatic rings. The maximum absolute atomic E-state index is 12.9. The Balaban J connectivity index is 1.22. The number of hydrogen-bond donors (Lipinski definition) is 1. The van der Waals surface area contributed by atoms with Crippen LogP contribution in [-0.2, 0) is 11.0 Å². The smallest absolute Gasteiger partial charge is 0.416 e. The molecule has 3 heterocycles. The summed E-state index contributed by atoms with van der Waals surface area (Å²) in [6, 6.07) is 10.6. The minimum absolute atomic E-state index is 0.0412. The molecule has 13 heteroatoms. The molecule has 2 aromatic heterocycles. The van der Waals surface area contributed by atoms with Crippen molar-refractivity contribution in [3.8, 4) is 16.9 Å². The number of alkyl halides is 3. The number of halogens is 4. The predicted octanol–water partition coefficient (Wildman–Crippen LogP) is 7.54. The van der Waals surface area contributed by atoms with Crippen molar-refractivity contribution < 1.29 is 27.8 Å². The number of ether oxygens (including phenoxy) is 1. The molecular formula is C27H24BrF3N4O3S2. The summed E-state index contributed by atoms with van der Waals surface area (Å²) in [7, 11) is 0. The molecule has 0 saturated carbocycles. The van der Waals surface area contributed by atoms with E-state index in [1.54, 1.807) is 6.20 Å². The van der Waals surface area contributed by atoms with Crippen LogP contribution < -0.4 is 9.64 Å². The van der Waals surface area contributed by atoms with E-state index < -0.39 is 23.0 Å². The van der Waals surface area contributed by atoms with Gasteiger partial charge in [0.2, 0.25) is 0 Å². The van der Waals surface area contributed by atoms with Gasteiger partial charge in [-0.3, -0.25) is 4.79 Å². The van der Waals surface area contributed by atoms with E-state index in [0.717, 1.165) is 40.8 Å². The van der Waals surface area contributed by atoms with E-state index in [0.29, 0.717) is 45.6 Å². The zero-order valence-corrected chi connectivity index (χ0v) is 24.4. The van der Waals surface area contributed by atoms with Gasteiger partial charge in [-0.1, -0.05) is 48.2 Å². The fourth-order valence-corrected chi connectivity index (χ4v) is 6.73. The van der Waals surface area contributed by atoms with Crippen molar-refractivity contribution in [2.45, 2.75) is 48.1 Å². The molecule has 1 saturated heterocycles. The highest BCUT2D eigenvalue weighted by molar-refractivity contribution is 9.10. The van der Waals surface area contributed by atoms with Crippen LogP contribution in [0.1, 0.15) is 31.7 Å². The average Bonchev–Trinajstić information content (AvgIpc) is 3.34. The Morgan fingerprint density at radius 2 is 1.88 bits per heavy atom. The van der Waals surface area contributed by atoms with E-state index in [1.807, 2.05) is 25.1 Å². The van der Waals surface area contributed by atoms with Crippen LogP contribution in [-0.4, -0.2) is 50.5 Å². The molecular weight excluding hydrogens is 629 g/mol. The molecule has 210 valence electrons. The van der Waals surface area contributed by atoms with Gasteiger partial charge >= 0.3 is 12.1 Å². The summed E-state index contributed by atoms with van der Waals surface area (Å²) in [6.07, 6.45) is -0.734. The molecule has 1 atom stereocenters. The van der Waals surface area contributed by atoms with Crippen molar-refractivity contribution in [2.75, 3.05) is 18.0 Å². The Morgan fingerprint density at radius 3 is 2.52 bits per heavy atom. The van der Waals surface area contributed by atoms with Crippen molar-refractivity contribution >= 4 is 61.3 Å². The van der Waals surface area contributed by atoms with Crippen molar-refractivity contribution in [2.24, 2.45) is 0 Å². The zero-order chi connectivity index (χ0) is 28.4.